The molecule has 0 atom stereocenters. The van der Waals surface area contributed by atoms with E-state index in [1.165, 1.54) is 0 Å². The van der Waals surface area contributed by atoms with E-state index in [0.29, 0.717) is 6.61 Å². The molecule has 20 heavy (non-hydrogen) atoms. The second-order valence-corrected chi connectivity index (χ2v) is 4.92. The molecule has 0 aromatic heterocycles. The molecular weight excluding hydrogens is 346 g/mol. The summed E-state index contributed by atoms with van der Waals surface area (Å²) in [5.74, 6) is 1.51. The van der Waals surface area contributed by atoms with Crippen LogP contribution in [-0.2, 0) is 11.3 Å². The average Bonchev–Trinajstić information content (AvgIpc) is 2.39. The third kappa shape index (κ3) is 6.31. The molecule has 116 valence electrons. The number of hydrogen-bond acceptors (Lipinski definition) is 4. The first-order valence-corrected chi connectivity index (χ1v) is 7.21. The zero-order valence-corrected chi connectivity index (χ0v) is 14.6. The van der Waals surface area contributed by atoms with Crippen LogP contribution in [0.1, 0.15) is 18.9 Å². The minimum Gasteiger partial charge on any atom is -0.492 e. The Hall–Kier alpha value is -0.490. The highest BCUT2D eigenvalue weighted by molar-refractivity contribution is 9.10. The molecule has 0 bridgehead atoms. The quantitative estimate of drug-likeness (QED) is 0.678. The number of nitrogens with one attached hydrogen (secondary N) is 1. The summed E-state index contributed by atoms with van der Waals surface area (Å²) >= 11 is 3.51. The van der Waals surface area contributed by atoms with E-state index in [1.54, 1.807) is 14.2 Å². The van der Waals surface area contributed by atoms with Gasteiger partial charge in [-0.1, -0.05) is 0 Å². The zero-order valence-electron chi connectivity index (χ0n) is 12.2. The number of ether oxygens (including phenoxy) is 3. The summed E-state index contributed by atoms with van der Waals surface area (Å²) in [6.07, 6.45) is 1.01. The fraction of sp³-hybridized carbons (Fsp3) is 0.571. The Labute approximate surface area is 135 Å². The molecule has 0 aliphatic carbocycles. The summed E-state index contributed by atoms with van der Waals surface area (Å²) in [5.41, 5.74) is 1.16. The summed E-state index contributed by atoms with van der Waals surface area (Å²) in [6.45, 7) is 5.09. The molecule has 6 heteroatoms. The van der Waals surface area contributed by atoms with Crippen LogP contribution < -0.4 is 14.8 Å². The van der Waals surface area contributed by atoms with Gasteiger partial charge >= 0.3 is 0 Å². The smallest absolute Gasteiger partial charge is 0.174 e. The van der Waals surface area contributed by atoms with Crippen molar-refractivity contribution in [3.63, 3.8) is 0 Å². The van der Waals surface area contributed by atoms with Crippen LogP contribution in [0.2, 0.25) is 0 Å². The van der Waals surface area contributed by atoms with Gasteiger partial charge in [0.25, 0.3) is 0 Å². The normalized spacial score (nSPS) is 10.0. The van der Waals surface area contributed by atoms with Crippen molar-refractivity contribution in [2.45, 2.75) is 19.9 Å². The summed E-state index contributed by atoms with van der Waals surface area (Å²) in [7, 11) is 3.36. The molecule has 0 radical (unpaired) electrons. The van der Waals surface area contributed by atoms with Crippen molar-refractivity contribution in [2.75, 3.05) is 34.0 Å². The maximum Gasteiger partial charge on any atom is 0.174 e. The molecule has 0 amide bonds. The fourth-order valence-electron chi connectivity index (χ4n) is 1.76. The third-order valence-corrected chi connectivity index (χ3v) is 3.19. The van der Waals surface area contributed by atoms with Crippen LogP contribution in [0, 0.1) is 0 Å². The van der Waals surface area contributed by atoms with E-state index in [2.05, 4.69) is 21.2 Å². The van der Waals surface area contributed by atoms with Crippen molar-refractivity contribution in [1.29, 1.82) is 0 Å². The van der Waals surface area contributed by atoms with Crippen LogP contribution in [0.15, 0.2) is 16.6 Å². The zero-order chi connectivity index (χ0) is 14.1. The second-order valence-electron chi connectivity index (χ2n) is 4.07. The van der Waals surface area contributed by atoms with E-state index in [1.807, 2.05) is 19.1 Å². The average molecular weight is 369 g/mol. The highest BCUT2D eigenvalue weighted by Crippen LogP contribution is 2.36. The van der Waals surface area contributed by atoms with Crippen molar-refractivity contribution >= 4 is 28.3 Å². The Bertz CT molecular complexity index is 391. The SMILES string of the molecule is CCOc1cc(CNCCCOC)cc(Br)c1OC.Cl. The van der Waals surface area contributed by atoms with Crippen LogP contribution in [-0.4, -0.2) is 34.0 Å². The van der Waals surface area contributed by atoms with Gasteiger partial charge in [-0.2, -0.15) is 0 Å². The standard InChI is InChI=1S/C14H22BrNO3.ClH/c1-4-19-13-9-11(8-12(15)14(13)18-3)10-16-6-5-7-17-2;/h8-9,16H,4-7,10H2,1-3H3;1H. The lowest BCUT2D eigenvalue weighted by Gasteiger charge is -2.13. The number of rotatable bonds is 9. The van der Waals surface area contributed by atoms with E-state index in [9.17, 15) is 0 Å². The van der Waals surface area contributed by atoms with E-state index in [0.717, 1.165) is 47.7 Å². The van der Waals surface area contributed by atoms with Crippen LogP contribution >= 0.6 is 28.3 Å². The van der Waals surface area contributed by atoms with E-state index in [-0.39, 0.29) is 12.4 Å². The van der Waals surface area contributed by atoms with Gasteiger partial charge in [-0.3, -0.25) is 0 Å². The van der Waals surface area contributed by atoms with Gasteiger partial charge in [-0.25, -0.2) is 0 Å². The lowest BCUT2D eigenvalue weighted by molar-refractivity contribution is 0.194. The van der Waals surface area contributed by atoms with Gasteiger partial charge in [-0.15, -0.1) is 12.4 Å². The minimum atomic E-state index is 0. The number of methoxy groups -OCH3 is 2. The number of benzene rings is 1. The van der Waals surface area contributed by atoms with Crippen LogP contribution in [0.4, 0.5) is 0 Å². The van der Waals surface area contributed by atoms with Crippen molar-refractivity contribution in [2.24, 2.45) is 0 Å². The Morgan fingerprint density at radius 1 is 1.25 bits per heavy atom. The molecule has 0 saturated carbocycles. The predicted molar refractivity (Wildman–Crippen MR) is 87.3 cm³/mol. The Morgan fingerprint density at radius 2 is 2.00 bits per heavy atom. The van der Waals surface area contributed by atoms with Crippen LogP contribution in [0.3, 0.4) is 0 Å². The second kappa shape index (κ2) is 11.2. The van der Waals surface area contributed by atoms with Crippen LogP contribution in [0.5, 0.6) is 11.5 Å². The molecule has 0 saturated heterocycles. The molecule has 0 spiro atoms. The maximum atomic E-state index is 5.59. The molecule has 4 nitrogen and oxygen atoms in total. The Balaban J connectivity index is 0.00000361. The van der Waals surface area contributed by atoms with Gasteiger partial charge in [0.15, 0.2) is 11.5 Å². The van der Waals surface area contributed by atoms with Crippen molar-refractivity contribution in [1.82, 2.24) is 5.32 Å². The third-order valence-electron chi connectivity index (χ3n) is 2.60. The van der Waals surface area contributed by atoms with Gasteiger partial charge in [-0.05, 0) is 53.5 Å². The minimum absolute atomic E-state index is 0. The molecule has 0 fully saturated rings. The molecule has 1 rings (SSSR count). The first kappa shape index (κ1) is 19.5. The molecule has 1 aromatic carbocycles. The Kier molecular flexibility index (Phi) is 10.9. The molecule has 0 aliphatic rings. The predicted octanol–water partition coefficient (Wildman–Crippen LogP) is 3.40. The number of halogens is 2. The van der Waals surface area contributed by atoms with Gasteiger partial charge in [0, 0.05) is 20.3 Å². The van der Waals surface area contributed by atoms with Crippen molar-refractivity contribution in [3.05, 3.63) is 22.2 Å². The van der Waals surface area contributed by atoms with Crippen LogP contribution in [0.25, 0.3) is 0 Å². The van der Waals surface area contributed by atoms with E-state index < -0.39 is 0 Å². The molecule has 0 heterocycles. The summed E-state index contributed by atoms with van der Waals surface area (Å²) < 4.78 is 16.8. The first-order chi connectivity index (χ1) is 9.22. The topological polar surface area (TPSA) is 39.7 Å². The summed E-state index contributed by atoms with van der Waals surface area (Å²) in [5, 5.41) is 3.37. The molecule has 0 unspecified atom stereocenters. The van der Waals surface area contributed by atoms with Crippen molar-refractivity contribution in [3.8, 4) is 11.5 Å². The van der Waals surface area contributed by atoms with Crippen molar-refractivity contribution < 1.29 is 14.2 Å². The maximum absolute atomic E-state index is 5.59. The lowest BCUT2D eigenvalue weighted by atomic mass is 10.2. The van der Waals surface area contributed by atoms with E-state index >= 15 is 0 Å². The highest BCUT2D eigenvalue weighted by atomic mass is 79.9. The molecule has 1 N–H and O–H groups in total. The van der Waals surface area contributed by atoms with Gasteiger partial charge in [0.1, 0.15) is 0 Å². The largest absolute Gasteiger partial charge is 0.492 e. The van der Waals surface area contributed by atoms with Gasteiger partial charge < -0.3 is 19.5 Å². The van der Waals surface area contributed by atoms with Gasteiger partial charge in [0.05, 0.1) is 18.2 Å². The number of hydrogen-bond donors (Lipinski definition) is 1. The highest BCUT2D eigenvalue weighted by Gasteiger charge is 2.10. The molecular formula is C14H23BrClNO3. The van der Waals surface area contributed by atoms with E-state index in [4.69, 9.17) is 14.2 Å². The first-order valence-electron chi connectivity index (χ1n) is 6.41. The summed E-state index contributed by atoms with van der Waals surface area (Å²) in [6, 6.07) is 4.06. The monoisotopic (exact) mass is 367 g/mol. The van der Waals surface area contributed by atoms with Gasteiger partial charge in [0.2, 0.25) is 0 Å². The summed E-state index contributed by atoms with van der Waals surface area (Å²) in [4.78, 5) is 0. The molecule has 0 aliphatic heterocycles. The Morgan fingerprint density at radius 3 is 2.60 bits per heavy atom. The lowest BCUT2D eigenvalue weighted by Crippen LogP contribution is -2.16. The fourth-order valence-corrected chi connectivity index (χ4v) is 2.41. The molecule has 1 aromatic rings.